The molecule has 2 fully saturated rings. The van der Waals surface area contributed by atoms with Crippen molar-refractivity contribution >= 4 is 5.91 Å². The van der Waals surface area contributed by atoms with E-state index >= 15 is 0 Å². The van der Waals surface area contributed by atoms with Gasteiger partial charge in [0.2, 0.25) is 5.91 Å². The van der Waals surface area contributed by atoms with Gasteiger partial charge < -0.3 is 9.64 Å². The lowest BCUT2D eigenvalue weighted by Crippen LogP contribution is -2.48. The molecule has 0 spiro atoms. The van der Waals surface area contributed by atoms with E-state index in [1.54, 1.807) is 7.11 Å². The van der Waals surface area contributed by atoms with Crippen LogP contribution in [0.3, 0.4) is 0 Å². The van der Waals surface area contributed by atoms with Gasteiger partial charge in [-0.3, -0.25) is 10.1 Å². The number of ether oxygens (including phenoxy) is 1. The first kappa shape index (κ1) is 15.8. The Morgan fingerprint density at radius 2 is 2.05 bits per heavy atom. The minimum Gasteiger partial charge on any atom is -0.379 e. The molecule has 1 saturated heterocycles. The fourth-order valence-electron chi connectivity index (χ4n) is 3.72. The molecule has 1 N–H and O–H groups in total. The van der Waals surface area contributed by atoms with Crippen molar-refractivity contribution in [1.29, 1.82) is 0 Å². The molecule has 4 atom stereocenters. The van der Waals surface area contributed by atoms with Crippen molar-refractivity contribution in [3.63, 3.8) is 0 Å². The zero-order valence-corrected chi connectivity index (χ0v) is 13.2. The summed E-state index contributed by atoms with van der Waals surface area (Å²) in [6.07, 6.45) is 9.17. The third-order valence-corrected chi connectivity index (χ3v) is 4.77. The summed E-state index contributed by atoms with van der Waals surface area (Å²) in [5.41, 5.74) is 0. The largest absolute Gasteiger partial charge is 0.379 e. The Balaban J connectivity index is 2.08. The number of rotatable bonds is 7. The number of carbonyl (C=O) groups is 1. The van der Waals surface area contributed by atoms with Crippen LogP contribution in [0.5, 0.6) is 0 Å². The van der Waals surface area contributed by atoms with Gasteiger partial charge in [-0.25, -0.2) is 0 Å². The van der Waals surface area contributed by atoms with Crippen LogP contribution in [0, 0.1) is 0 Å². The summed E-state index contributed by atoms with van der Waals surface area (Å²) >= 11 is 0. The number of unbranched alkanes of at least 4 members (excludes halogenated alkanes) is 1. The molecule has 1 saturated carbocycles. The predicted molar refractivity (Wildman–Crippen MR) is 80.4 cm³/mol. The van der Waals surface area contributed by atoms with E-state index in [0.29, 0.717) is 5.91 Å². The van der Waals surface area contributed by atoms with Gasteiger partial charge in [0, 0.05) is 7.11 Å². The van der Waals surface area contributed by atoms with Gasteiger partial charge in [0.05, 0.1) is 24.4 Å². The molecule has 1 heterocycles. The number of amides is 1. The first-order chi connectivity index (χ1) is 9.72. The van der Waals surface area contributed by atoms with E-state index in [-0.39, 0.29) is 24.4 Å². The Morgan fingerprint density at radius 3 is 2.70 bits per heavy atom. The van der Waals surface area contributed by atoms with Crippen LogP contribution in [-0.2, 0) is 9.53 Å². The Bertz CT molecular complexity index is 322. The molecule has 1 aliphatic heterocycles. The summed E-state index contributed by atoms with van der Waals surface area (Å²) in [6.45, 7) is 4.37. The van der Waals surface area contributed by atoms with Gasteiger partial charge in [-0.05, 0) is 32.1 Å². The molecule has 2 aliphatic rings. The number of methoxy groups -OCH3 is 1. The lowest BCUT2D eigenvalue weighted by atomic mass is 10.1. The molecule has 20 heavy (non-hydrogen) atoms. The van der Waals surface area contributed by atoms with Gasteiger partial charge in [-0.1, -0.05) is 33.1 Å². The quantitative estimate of drug-likeness (QED) is 0.780. The van der Waals surface area contributed by atoms with Gasteiger partial charge in [0.1, 0.15) is 0 Å². The molecule has 0 bridgehead atoms. The molecule has 4 unspecified atom stereocenters. The van der Waals surface area contributed by atoms with Gasteiger partial charge in [-0.2, -0.15) is 0 Å². The number of nitrogens with one attached hydrogen (secondary N) is 1. The summed E-state index contributed by atoms with van der Waals surface area (Å²) in [5, 5.41) is 3.57. The van der Waals surface area contributed by atoms with Crippen molar-refractivity contribution in [1.82, 2.24) is 10.2 Å². The first-order valence-corrected chi connectivity index (χ1v) is 8.33. The molecule has 0 aromatic heterocycles. The molecule has 0 aromatic rings. The molecular formula is C16H30N2O2. The van der Waals surface area contributed by atoms with Crippen LogP contribution in [0.15, 0.2) is 0 Å². The molecule has 2 rings (SSSR count). The van der Waals surface area contributed by atoms with Crippen LogP contribution in [0.2, 0.25) is 0 Å². The second-order valence-corrected chi connectivity index (χ2v) is 6.18. The molecule has 116 valence electrons. The molecule has 0 radical (unpaired) electrons. The lowest BCUT2D eigenvalue weighted by Gasteiger charge is -2.33. The molecule has 4 nitrogen and oxygen atoms in total. The van der Waals surface area contributed by atoms with Crippen molar-refractivity contribution < 1.29 is 9.53 Å². The van der Waals surface area contributed by atoms with Gasteiger partial charge in [-0.15, -0.1) is 0 Å². The minimum absolute atomic E-state index is 0.0320. The molecule has 1 aliphatic carbocycles. The van der Waals surface area contributed by atoms with E-state index in [4.69, 9.17) is 4.74 Å². The van der Waals surface area contributed by atoms with E-state index in [1.807, 2.05) is 0 Å². The monoisotopic (exact) mass is 282 g/mol. The summed E-state index contributed by atoms with van der Waals surface area (Å²) in [4.78, 5) is 14.9. The first-order valence-electron chi connectivity index (χ1n) is 8.33. The normalized spacial score (nSPS) is 34.1. The Labute approximate surface area is 123 Å². The molecule has 1 amide bonds. The second kappa shape index (κ2) is 7.41. The maximum Gasteiger partial charge on any atom is 0.241 e. The summed E-state index contributed by atoms with van der Waals surface area (Å²) in [6, 6.07) is 0.313. The number of carbonyl (C=O) groups excluding carboxylic acids is 1. The average molecular weight is 282 g/mol. The van der Waals surface area contributed by atoms with Gasteiger partial charge in [0.15, 0.2) is 0 Å². The summed E-state index contributed by atoms with van der Waals surface area (Å²) < 4.78 is 5.61. The standard InChI is InChI=1S/C16H30N2O2/c1-4-6-9-12-16(19)18(15(17-12)8-5-2)13-10-7-11-14(13)20-3/h12-15,17H,4-11H2,1-3H3. The highest BCUT2D eigenvalue weighted by Gasteiger charge is 2.45. The SMILES string of the molecule is CCCCC1NC(CCC)N(C2CCCC2OC)C1=O. The fourth-order valence-corrected chi connectivity index (χ4v) is 3.72. The van der Waals surface area contributed by atoms with Crippen LogP contribution < -0.4 is 5.32 Å². The fraction of sp³-hybridized carbons (Fsp3) is 0.938. The number of hydrogen-bond acceptors (Lipinski definition) is 3. The predicted octanol–water partition coefficient (Wildman–Crippen LogP) is 2.67. The molecule has 0 aromatic carbocycles. The Kier molecular flexibility index (Phi) is 5.85. The van der Waals surface area contributed by atoms with Crippen LogP contribution in [0.4, 0.5) is 0 Å². The van der Waals surface area contributed by atoms with Crippen molar-refractivity contribution in [2.75, 3.05) is 7.11 Å². The third-order valence-electron chi connectivity index (χ3n) is 4.77. The smallest absolute Gasteiger partial charge is 0.241 e. The van der Waals surface area contributed by atoms with Crippen molar-refractivity contribution in [3.05, 3.63) is 0 Å². The van der Waals surface area contributed by atoms with Crippen molar-refractivity contribution in [2.24, 2.45) is 0 Å². The topological polar surface area (TPSA) is 41.6 Å². The van der Waals surface area contributed by atoms with Crippen LogP contribution in [0.25, 0.3) is 0 Å². The van der Waals surface area contributed by atoms with E-state index in [2.05, 4.69) is 24.1 Å². The zero-order valence-electron chi connectivity index (χ0n) is 13.2. The number of hydrogen-bond donors (Lipinski definition) is 1. The van der Waals surface area contributed by atoms with Gasteiger partial charge in [0.25, 0.3) is 0 Å². The molecular weight excluding hydrogens is 252 g/mol. The van der Waals surface area contributed by atoms with E-state index in [0.717, 1.165) is 44.9 Å². The highest BCUT2D eigenvalue weighted by atomic mass is 16.5. The lowest BCUT2D eigenvalue weighted by molar-refractivity contribution is -0.134. The minimum atomic E-state index is 0.0320. The maximum absolute atomic E-state index is 12.8. The van der Waals surface area contributed by atoms with Crippen molar-refractivity contribution in [2.45, 2.75) is 89.6 Å². The highest BCUT2D eigenvalue weighted by molar-refractivity contribution is 5.84. The molecule has 4 heteroatoms. The van der Waals surface area contributed by atoms with Gasteiger partial charge >= 0.3 is 0 Å². The average Bonchev–Trinajstić information content (AvgIpc) is 3.01. The highest BCUT2D eigenvalue weighted by Crippen LogP contribution is 2.32. The summed E-state index contributed by atoms with van der Waals surface area (Å²) in [7, 11) is 1.78. The third kappa shape index (κ3) is 3.17. The number of nitrogens with zero attached hydrogens (tertiary/aromatic N) is 1. The van der Waals surface area contributed by atoms with Crippen LogP contribution >= 0.6 is 0 Å². The van der Waals surface area contributed by atoms with Crippen LogP contribution in [0.1, 0.15) is 65.2 Å². The Morgan fingerprint density at radius 1 is 1.25 bits per heavy atom. The second-order valence-electron chi connectivity index (χ2n) is 6.18. The van der Waals surface area contributed by atoms with E-state index in [9.17, 15) is 4.79 Å². The van der Waals surface area contributed by atoms with E-state index in [1.165, 1.54) is 6.42 Å². The zero-order chi connectivity index (χ0) is 14.5. The van der Waals surface area contributed by atoms with E-state index < -0.39 is 0 Å². The van der Waals surface area contributed by atoms with Crippen LogP contribution in [-0.4, -0.2) is 42.3 Å². The van der Waals surface area contributed by atoms with Crippen molar-refractivity contribution in [3.8, 4) is 0 Å². The maximum atomic E-state index is 12.8. The summed E-state index contributed by atoms with van der Waals surface area (Å²) in [5.74, 6) is 0.311. The Hall–Kier alpha value is -0.610.